The summed E-state index contributed by atoms with van der Waals surface area (Å²) in [6.45, 7) is 8.72. The SMILES string of the molecule is CC=C(C)C(C)CC=CC=CCC. The van der Waals surface area contributed by atoms with Gasteiger partial charge in [-0.25, -0.2) is 0 Å². The van der Waals surface area contributed by atoms with E-state index in [0.29, 0.717) is 5.92 Å². The molecule has 0 aromatic heterocycles. The van der Waals surface area contributed by atoms with E-state index >= 15 is 0 Å². The predicted molar refractivity (Wildman–Crippen MR) is 61.8 cm³/mol. The van der Waals surface area contributed by atoms with Crippen molar-refractivity contribution in [1.82, 2.24) is 0 Å². The van der Waals surface area contributed by atoms with Crippen LogP contribution in [0.2, 0.25) is 0 Å². The highest BCUT2D eigenvalue weighted by Crippen LogP contribution is 2.13. The normalized spacial score (nSPS) is 15.8. The van der Waals surface area contributed by atoms with E-state index in [1.807, 2.05) is 0 Å². The fourth-order valence-electron chi connectivity index (χ4n) is 1.05. The second-order valence-electron chi connectivity index (χ2n) is 3.43. The van der Waals surface area contributed by atoms with Crippen molar-refractivity contribution in [3.63, 3.8) is 0 Å². The van der Waals surface area contributed by atoms with Crippen molar-refractivity contribution in [2.24, 2.45) is 5.92 Å². The van der Waals surface area contributed by atoms with E-state index in [2.05, 4.69) is 58.1 Å². The molecule has 0 aliphatic heterocycles. The summed E-state index contributed by atoms with van der Waals surface area (Å²) in [6.07, 6.45) is 13.1. The van der Waals surface area contributed by atoms with E-state index in [-0.39, 0.29) is 0 Å². The first-order valence-electron chi connectivity index (χ1n) is 5.16. The molecule has 0 radical (unpaired) electrons. The molecule has 0 N–H and O–H groups in total. The maximum Gasteiger partial charge on any atom is -0.0200 e. The summed E-state index contributed by atoms with van der Waals surface area (Å²) in [7, 11) is 0. The smallest absolute Gasteiger partial charge is 0.0200 e. The Labute approximate surface area is 83.0 Å². The van der Waals surface area contributed by atoms with Crippen molar-refractivity contribution in [3.05, 3.63) is 36.0 Å². The second kappa shape index (κ2) is 7.85. The van der Waals surface area contributed by atoms with Gasteiger partial charge in [0.1, 0.15) is 0 Å². The fraction of sp³-hybridized carbons (Fsp3) is 0.538. The predicted octanol–water partition coefficient (Wildman–Crippen LogP) is 4.50. The summed E-state index contributed by atoms with van der Waals surface area (Å²) in [4.78, 5) is 0. The van der Waals surface area contributed by atoms with Crippen molar-refractivity contribution in [1.29, 1.82) is 0 Å². The van der Waals surface area contributed by atoms with Gasteiger partial charge in [-0.15, -0.1) is 0 Å². The summed E-state index contributed by atoms with van der Waals surface area (Å²) in [5.41, 5.74) is 1.48. The van der Waals surface area contributed by atoms with Gasteiger partial charge in [0, 0.05) is 0 Å². The molecule has 74 valence electrons. The van der Waals surface area contributed by atoms with Gasteiger partial charge in [0.25, 0.3) is 0 Å². The molecule has 0 spiro atoms. The van der Waals surface area contributed by atoms with Gasteiger partial charge in [0.15, 0.2) is 0 Å². The maximum atomic E-state index is 2.27. The lowest BCUT2D eigenvalue weighted by Gasteiger charge is -2.07. The molecule has 0 nitrogen and oxygen atoms in total. The molecule has 0 aliphatic rings. The van der Waals surface area contributed by atoms with Crippen molar-refractivity contribution in [2.45, 2.75) is 40.5 Å². The molecule has 0 heteroatoms. The fourth-order valence-corrected chi connectivity index (χ4v) is 1.05. The van der Waals surface area contributed by atoms with E-state index in [0.717, 1.165) is 12.8 Å². The molecule has 0 aromatic rings. The zero-order valence-corrected chi connectivity index (χ0v) is 9.38. The first-order chi connectivity index (χ1) is 6.22. The number of rotatable bonds is 5. The van der Waals surface area contributed by atoms with Crippen LogP contribution in [0.5, 0.6) is 0 Å². The van der Waals surface area contributed by atoms with Crippen LogP contribution in [0.25, 0.3) is 0 Å². The quantitative estimate of drug-likeness (QED) is 0.429. The summed E-state index contributed by atoms with van der Waals surface area (Å²) in [5, 5.41) is 0. The summed E-state index contributed by atoms with van der Waals surface area (Å²) in [5.74, 6) is 0.677. The minimum atomic E-state index is 0.677. The Morgan fingerprint density at radius 2 is 1.85 bits per heavy atom. The maximum absolute atomic E-state index is 2.27. The topological polar surface area (TPSA) is 0 Å². The minimum absolute atomic E-state index is 0.677. The van der Waals surface area contributed by atoms with Gasteiger partial charge in [-0.1, -0.05) is 49.8 Å². The average molecular weight is 178 g/mol. The Hall–Kier alpha value is -0.780. The zero-order valence-electron chi connectivity index (χ0n) is 9.38. The number of hydrogen-bond acceptors (Lipinski definition) is 0. The highest BCUT2D eigenvalue weighted by Gasteiger charge is 1.98. The summed E-state index contributed by atoms with van der Waals surface area (Å²) in [6, 6.07) is 0. The molecule has 0 aromatic carbocycles. The van der Waals surface area contributed by atoms with E-state index in [9.17, 15) is 0 Å². The van der Waals surface area contributed by atoms with Crippen LogP contribution in [0.1, 0.15) is 40.5 Å². The van der Waals surface area contributed by atoms with Gasteiger partial charge in [0.2, 0.25) is 0 Å². The van der Waals surface area contributed by atoms with Gasteiger partial charge < -0.3 is 0 Å². The van der Waals surface area contributed by atoms with Gasteiger partial charge >= 0.3 is 0 Å². The van der Waals surface area contributed by atoms with Crippen LogP contribution in [-0.4, -0.2) is 0 Å². The monoisotopic (exact) mass is 178 g/mol. The van der Waals surface area contributed by atoms with Crippen molar-refractivity contribution >= 4 is 0 Å². The van der Waals surface area contributed by atoms with Gasteiger partial charge in [-0.2, -0.15) is 0 Å². The number of allylic oxidation sites excluding steroid dienone is 6. The third kappa shape index (κ3) is 6.39. The zero-order chi connectivity index (χ0) is 10.1. The lowest BCUT2D eigenvalue weighted by atomic mass is 9.99. The minimum Gasteiger partial charge on any atom is -0.0885 e. The lowest BCUT2D eigenvalue weighted by molar-refractivity contribution is 0.693. The van der Waals surface area contributed by atoms with Crippen LogP contribution < -0.4 is 0 Å². The first-order valence-corrected chi connectivity index (χ1v) is 5.16. The molecular formula is C13H22. The molecule has 0 amide bonds. The summed E-state index contributed by atoms with van der Waals surface area (Å²) < 4.78 is 0. The lowest BCUT2D eigenvalue weighted by Crippen LogP contribution is -1.93. The van der Waals surface area contributed by atoms with Crippen LogP contribution in [0, 0.1) is 5.92 Å². The third-order valence-corrected chi connectivity index (χ3v) is 2.34. The molecule has 0 aliphatic carbocycles. The molecule has 0 saturated carbocycles. The molecule has 0 fully saturated rings. The van der Waals surface area contributed by atoms with Crippen LogP contribution in [-0.2, 0) is 0 Å². The van der Waals surface area contributed by atoms with Crippen molar-refractivity contribution in [3.8, 4) is 0 Å². The van der Waals surface area contributed by atoms with Crippen molar-refractivity contribution < 1.29 is 0 Å². The van der Waals surface area contributed by atoms with Crippen molar-refractivity contribution in [2.75, 3.05) is 0 Å². The first kappa shape index (κ1) is 12.2. The standard InChI is InChI=1S/C13H22/c1-5-7-8-9-10-11-13(4)12(3)6-2/h6-10,13H,5,11H2,1-4H3. The Kier molecular flexibility index (Phi) is 7.38. The van der Waals surface area contributed by atoms with Crippen LogP contribution >= 0.6 is 0 Å². The van der Waals surface area contributed by atoms with E-state index < -0.39 is 0 Å². The second-order valence-corrected chi connectivity index (χ2v) is 3.43. The molecule has 1 atom stereocenters. The highest BCUT2D eigenvalue weighted by molar-refractivity contribution is 5.06. The van der Waals surface area contributed by atoms with Gasteiger partial charge in [0.05, 0.1) is 0 Å². The van der Waals surface area contributed by atoms with Crippen LogP contribution in [0.4, 0.5) is 0 Å². The van der Waals surface area contributed by atoms with E-state index in [4.69, 9.17) is 0 Å². The molecular weight excluding hydrogens is 156 g/mol. The molecule has 1 unspecified atom stereocenters. The Morgan fingerprint density at radius 3 is 2.38 bits per heavy atom. The molecule has 13 heavy (non-hydrogen) atoms. The summed E-state index contributed by atoms with van der Waals surface area (Å²) >= 11 is 0. The van der Waals surface area contributed by atoms with Gasteiger partial charge in [-0.05, 0) is 32.6 Å². The largest absolute Gasteiger partial charge is 0.0885 e. The average Bonchev–Trinajstić information content (AvgIpc) is 2.16. The number of hydrogen-bond donors (Lipinski definition) is 0. The Bertz CT molecular complexity index is 194. The van der Waals surface area contributed by atoms with E-state index in [1.165, 1.54) is 5.57 Å². The molecule has 0 heterocycles. The third-order valence-electron chi connectivity index (χ3n) is 2.34. The molecule has 0 bridgehead atoms. The molecule has 0 rings (SSSR count). The van der Waals surface area contributed by atoms with Crippen LogP contribution in [0.3, 0.4) is 0 Å². The molecule has 0 saturated heterocycles. The Morgan fingerprint density at radius 1 is 1.23 bits per heavy atom. The highest BCUT2D eigenvalue weighted by atomic mass is 14.0. The Balaban J connectivity index is 3.75. The van der Waals surface area contributed by atoms with Gasteiger partial charge in [-0.3, -0.25) is 0 Å². The van der Waals surface area contributed by atoms with E-state index in [1.54, 1.807) is 0 Å². The van der Waals surface area contributed by atoms with Crippen LogP contribution in [0.15, 0.2) is 36.0 Å².